The molecular formula is C5H11N5O3. The van der Waals surface area contributed by atoms with Crippen LogP contribution >= 0.6 is 0 Å². The van der Waals surface area contributed by atoms with Crippen molar-refractivity contribution in [3.8, 4) is 0 Å². The first-order valence-corrected chi connectivity index (χ1v) is 3.25. The molecule has 4 N–H and O–H groups in total. The smallest absolute Gasteiger partial charge is 0.353 e. The summed E-state index contributed by atoms with van der Waals surface area (Å²) in [7, 11) is 1.42. The van der Waals surface area contributed by atoms with E-state index in [0.717, 1.165) is 0 Å². The van der Waals surface area contributed by atoms with E-state index in [9.17, 15) is 9.59 Å². The van der Waals surface area contributed by atoms with Crippen molar-refractivity contribution in [2.24, 2.45) is 5.10 Å². The van der Waals surface area contributed by atoms with E-state index in [-0.39, 0.29) is 6.73 Å². The zero-order chi connectivity index (χ0) is 10.1. The number of urea groups is 2. The van der Waals surface area contributed by atoms with Crippen molar-refractivity contribution in [1.29, 1.82) is 0 Å². The van der Waals surface area contributed by atoms with Crippen LogP contribution in [0.2, 0.25) is 0 Å². The highest BCUT2D eigenvalue weighted by atomic mass is 16.5. The van der Waals surface area contributed by atoms with Gasteiger partial charge in [0.1, 0.15) is 6.73 Å². The van der Waals surface area contributed by atoms with Crippen LogP contribution in [0, 0.1) is 0 Å². The third kappa shape index (κ3) is 6.56. The first-order valence-electron chi connectivity index (χ1n) is 3.25. The molecule has 0 aliphatic carbocycles. The molecule has 0 unspecified atom stereocenters. The number of amides is 4. The molecule has 13 heavy (non-hydrogen) atoms. The van der Waals surface area contributed by atoms with Crippen molar-refractivity contribution >= 4 is 18.8 Å². The summed E-state index contributed by atoms with van der Waals surface area (Å²) in [6, 6.07) is -1.29. The van der Waals surface area contributed by atoms with E-state index in [4.69, 9.17) is 0 Å². The summed E-state index contributed by atoms with van der Waals surface area (Å²) < 4.78 is 4.54. The van der Waals surface area contributed by atoms with Crippen molar-refractivity contribution in [3.63, 3.8) is 0 Å². The third-order valence-electron chi connectivity index (χ3n) is 0.847. The number of hydrogen-bond acceptors (Lipinski definition) is 4. The number of hydrazone groups is 1. The molecule has 0 bridgehead atoms. The average Bonchev–Trinajstić information content (AvgIpc) is 2.12. The van der Waals surface area contributed by atoms with Crippen molar-refractivity contribution in [2.75, 3.05) is 13.8 Å². The predicted molar refractivity (Wildman–Crippen MR) is 44.8 cm³/mol. The fourth-order valence-corrected chi connectivity index (χ4v) is 0.395. The Balaban J connectivity index is 3.45. The van der Waals surface area contributed by atoms with Gasteiger partial charge in [0.2, 0.25) is 0 Å². The second kappa shape index (κ2) is 6.85. The molecule has 4 amide bonds. The fourth-order valence-electron chi connectivity index (χ4n) is 0.395. The van der Waals surface area contributed by atoms with Crippen LogP contribution in [-0.4, -0.2) is 32.6 Å². The third-order valence-corrected chi connectivity index (χ3v) is 0.847. The van der Waals surface area contributed by atoms with E-state index in [0.29, 0.717) is 0 Å². The lowest BCUT2D eigenvalue weighted by Gasteiger charge is -2.06. The Bertz CT molecular complexity index is 195. The molecule has 0 aromatic heterocycles. The Morgan fingerprint density at radius 2 is 2.00 bits per heavy atom. The number of rotatable bonds is 3. The van der Waals surface area contributed by atoms with Crippen LogP contribution < -0.4 is 21.6 Å². The average molecular weight is 189 g/mol. The second-order valence-corrected chi connectivity index (χ2v) is 1.79. The van der Waals surface area contributed by atoms with Gasteiger partial charge in [-0.15, -0.1) is 0 Å². The topological polar surface area (TPSA) is 104 Å². The highest BCUT2D eigenvalue weighted by Gasteiger charge is 2.00. The van der Waals surface area contributed by atoms with Gasteiger partial charge in [0, 0.05) is 13.8 Å². The molecule has 0 saturated heterocycles. The van der Waals surface area contributed by atoms with E-state index in [2.05, 4.69) is 21.9 Å². The Morgan fingerprint density at radius 3 is 2.54 bits per heavy atom. The van der Waals surface area contributed by atoms with Crippen LogP contribution in [0.1, 0.15) is 0 Å². The lowest BCUT2D eigenvalue weighted by Crippen LogP contribution is -2.49. The maximum atomic E-state index is 10.7. The Labute approximate surface area is 74.7 Å². The van der Waals surface area contributed by atoms with E-state index in [1.54, 1.807) is 0 Å². The van der Waals surface area contributed by atoms with E-state index >= 15 is 0 Å². The molecule has 0 spiro atoms. The highest BCUT2D eigenvalue weighted by molar-refractivity contribution is 5.79. The van der Waals surface area contributed by atoms with Crippen LogP contribution in [0.15, 0.2) is 5.10 Å². The molecule has 0 heterocycles. The molecule has 0 saturated carbocycles. The number of carbonyl (C=O) groups excluding carboxylic acids is 2. The van der Waals surface area contributed by atoms with E-state index in [1.165, 1.54) is 7.11 Å². The Hall–Kier alpha value is -1.83. The maximum absolute atomic E-state index is 10.7. The Kier molecular flexibility index (Phi) is 5.89. The van der Waals surface area contributed by atoms with Crippen LogP contribution in [-0.2, 0) is 4.74 Å². The summed E-state index contributed by atoms with van der Waals surface area (Å²) in [4.78, 5) is 21.3. The molecule has 0 atom stereocenters. The minimum atomic E-state index is -0.692. The van der Waals surface area contributed by atoms with Gasteiger partial charge in [-0.2, -0.15) is 5.10 Å². The SMILES string of the molecule is C=NNC(=O)NNC(=O)NCOC. The monoisotopic (exact) mass is 189 g/mol. The van der Waals surface area contributed by atoms with Crippen molar-refractivity contribution in [2.45, 2.75) is 0 Å². The first kappa shape index (κ1) is 11.2. The van der Waals surface area contributed by atoms with Crippen molar-refractivity contribution in [1.82, 2.24) is 21.6 Å². The molecular weight excluding hydrogens is 178 g/mol. The van der Waals surface area contributed by atoms with E-state index < -0.39 is 12.1 Å². The largest absolute Gasteiger partial charge is 0.364 e. The first-order chi connectivity index (χ1) is 6.20. The summed E-state index contributed by atoms with van der Waals surface area (Å²) in [6.45, 7) is 3.06. The molecule has 0 aliphatic heterocycles. The van der Waals surface area contributed by atoms with E-state index in [1.807, 2.05) is 16.3 Å². The molecule has 0 rings (SSSR count). The quantitative estimate of drug-likeness (QED) is 0.252. The maximum Gasteiger partial charge on any atom is 0.353 e. The summed E-state index contributed by atoms with van der Waals surface area (Å²) in [5.74, 6) is 0. The summed E-state index contributed by atoms with van der Waals surface area (Å²) in [5.41, 5.74) is 5.96. The van der Waals surface area contributed by atoms with Gasteiger partial charge in [-0.05, 0) is 0 Å². The van der Waals surface area contributed by atoms with Crippen LogP contribution in [0.3, 0.4) is 0 Å². The van der Waals surface area contributed by atoms with Gasteiger partial charge in [-0.3, -0.25) is 0 Å². The number of methoxy groups -OCH3 is 1. The normalized spacial score (nSPS) is 8.38. The Morgan fingerprint density at radius 1 is 1.38 bits per heavy atom. The number of hydrazine groups is 1. The van der Waals surface area contributed by atoms with Gasteiger partial charge in [0.25, 0.3) is 0 Å². The summed E-state index contributed by atoms with van der Waals surface area (Å²) in [6.07, 6.45) is 0. The predicted octanol–water partition coefficient (Wildman–Crippen LogP) is -1.28. The molecule has 0 aliphatic rings. The van der Waals surface area contributed by atoms with Gasteiger partial charge in [0.15, 0.2) is 0 Å². The zero-order valence-corrected chi connectivity index (χ0v) is 7.09. The molecule has 8 nitrogen and oxygen atoms in total. The lowest BCUT2D eigenvalue weighted by molar-refractivity contribution is 0.170. The fraction of sp³-hybridized carbons (Fsp3) is 0.400. The number of ether oxygens (including phenoxy) is 1. The molecule has 0 fully saturated rings. The van der Waals surface area contributed by atoms with Gasteiger partial charge >= 0.3 is 12.1 Å². The van der Waals surface area contributed by atoms with Crippen molar-refractivity contribution in [3.05, 3.63) is 0 Å². The summed E-state index contributed by atoms with van der Waals surface area (Å²) >= 11 is 0. The summed E-state index contributed by atoms with van der Waals surface area (Å²) in [5, 5.41) is 5.34. The lowest BCUT2D eigenvalue weighted by atomic mass is 10.9. The van der Waals surface area contributed by atoms with Gasteiger partial charge in [-0.1, -0.05) is 0 Å². The zero-order valence-electron chi connectivity index (χ0n) is 7.09. The molecule has 8 heteroatoms. The number of carbonyl (C=O) groups is 2. The standard InChI is InChI=1S/C5H11N5O3/c1-6-8-5(12)10-9-4(11)7-3-13-2/h1,3H2,2H3,(H2,7,9,11)(H2,8,10,12). The number of nitrogens with zero attached hydrogens (tertiary/aromatic N) is 1. The van der Waals surface area contributed by atoms with Crippen LogP contribution in [0.25, 0.3) is 0 Å². The molecule has 0 aromatic rings. The van der Waals surface area contributed by atoms with Crippen LogP contribution in [0.4, 0.5) is 9.59 Å². The van der Waals surface area contributed by atoms with Crippen molar-refractivity contribution < 1.29 is 14.3 Å². The number of hydrogen-bond donors (Lipinski definition) is 4. The van der Waals surface area contributed by atoms with Gasteiger partial charge in [0.05, 0.1) is 0 Å². The van der Waals surface area contributed by atoms with Gasteiger partial charge < -0.3 is 10.1 Å². The highest BCUT2D eigenvalue weighted by Crippen LogP contribution is 1.64. The van der Waals surface area contributed by atoms with Crippen LogP contribution in [0.5, 0.6) is 0 Å². The second-order valence-electron chi connectivity index (χ2n) is 1.79. The minimum absolute atomic E-state index is 0.0504. The van der Waals surface area contributed by atoms with Gasteiger partial charge in [-0.25, -0.2) is 25.9 Å². The molecule has 0 radical (unpaired) electrons. The number of nitrogens with one attached hydrogen (secondary N) is 4. The minimum Gasteiger partial charge on any atom is -0.364 e. The molecule has 0 aromatic carbocycles. The molecule has 74 valence electrons.